The van der Waals surface area contributed by atoms with Crippen LogP contribution in [0.25, 0.3) is 0 Å². The van der Waals surface area contributed by atoms with Crippen LogP contribution in [0.5, 0.6) is 0 Å². The van der Waals surface area contributed by atoms with E-state index in [-0.39, 0.29) is 12.4 Å². The van der Waals surface area contributed by atoms with Crippen molar-refractivity contribution in [3.8, 4) is 0 Å². The minimum absolute atomic E-state index is 0.0917. The van der Waals surface area contributed by atoms with E-state index in [4.69, 9.17) is 10.5 Å². The van der Waals surface area contributed by atoms with Gasteiger partial charge in [-0.25, -0.2) is 4.79 Å². The molecule has 1 atom stereocenters. The normalized spacial score (nSPS) is 11.9. The molecule has 4 nitrogen and oxygen atoms in total. The van der Waals surface area contributed by atoms with Crippen molar-refractivity contribution in [3.05, 3.63) is 35.9 Å². The number of rotatable bonds is 12. The van der Waals surface area contributed by atoms with Crippen molar-refractivity contribution in [3.63, 3.8) is 0 Å². The smallest absolute Gasteiger partial charge is 0.338 e. The zero-order valence-electron chi connectivity index (χ0n) is 14.1. The van der Waals surface area contributed by atoms with E-state index in [0.717, 1.165) is 12.8 Å². The molecule has 0 fully saturated rings. The quantitative estimate of drug-likeness (QED) is 0.463. The second-order valence-corrected chi connectivity index (χ2v) is 5.97. The molecular weight excluding hydrogens is 290 g/mol. The topological polar surface area (TPSA) is 69.4 Å². The minimum atomic E-state index is -0.432. The second-order valence-electron chi connectivity index (χ2n) is 5.97. The van der Waals surface area contributed by atoms with Gasteiger partial charge in [-0.05, 0) is 25.0 Å². The zero-order valence-corrected chi connectivity index (χ0v) is 14.1. The molecule has 1 unspecified atom stereocenters. The molecule has 0 radical (unpaired) electrons. The molecule has 0 heterocycles. The van der Waals surface area contributed by atoms with Crippen molar-refractivity contribution >= 4 is 11.9 Å². The highest BCUT2D eigenvalue weighted by atomic mass is 16.5. The summed E-state index contributed by atoms with van der Waals surface area (Å²) in [5.74, 6) is -0.821. The first-order chi connectivity index (χ1) is 11.1. The molecule has 1 aromatic rings. The van der Waals surface area contributed by atoms with E-state index >= 15 is 0 Å². The fraction of sp³-hybridized carbons (Fsp3) is 0.579. The van der Waals surface area contributed by atoms with Crippen LogP contribution in [-0.2, 0) is 9.53 Å². The maximum absolute atomic E-state index is 12.1. The highest BCUT2D eigenvalue weighted by molar-refractivity contribution is 5.89. The predicted molar refractivity (Wildman–Crippen MR) is 92.1 cm³/mol. The third kappa shape index (κ3) is 9.01. The van der Waals surface area contributed by atoms with Crippen molar-refractivity contribution in [1.82, 2.24) is 0 Å². The zero-order chi connectivity index (χ0) is 16.9. The Morgan fingerprint density at radius 2 is 1.61 bits per heavy atom. The molecule has 0 aliphatic rings. The van der Waals surface area contributed by atoms with Crippen molar-refractivity contribution < 1.29 is 14.3 Å². The molecule has 0 bridgehead atoms. The number of hydrogen-bond donors (Lipinski definition) is 1. The van der Waals surface area contributed by atoms with E-state index < -0.39 is 12.0 Å². The first kappa shape index (κ1) is 19.2. The molecule has 0 aromatic heterocycles. The third-order valence-electron chi connectivity index (χ3n) is 3.84. The molecule has 0 saturated heterocycles. The highest BCUT2D eigenvalue weighted by Gasteiger charge is 2.17. The lowest BCUT2D eigenvalue weighted by Crippen LogP contribution is -2.25. The van der Waals surface area contributed by atoms with Gasteiger partial charge < -0.3 is 10.5 Å². The molecule has 0 spiro atoms. The molecule has 1 amide bonds. The van der Waals surface area contributed by atoms with E-state index in [1.54, 1.807) is 24.3 Å². The van der Waals surface area contributed by atoms with Crippen LogP contribution in [-0.4, -0.2) is 18.0 Å². The predicted octanol–water partition coefficient (Wildman–Crippen LogP) is 4.23. The average Bonchev–Trinajstić information content (AvgIpc) is 2.54. The molecule has 1 rings (SSSR count). The molecule has 23 heavy (non-hydrogen) atoms. The van der Waals surface area contributed by atoms with Gasteiger partial charge in [0.05, 0.1) is 12.0 Å². The van der Waals surface area contributed by atoms with Crippen molar-refractivity contribution in [1.29, 1.82) is 0 Å². The van der Waals surface area contributed by atoms with Gasteiger partial charge in [-0.2, -0.15) is 0 Å². The maximum atomic E-state index is 12.1. The summed E-state index contributed by atoms with van der Waals surface area (Å²) in [6, 6.07) is 8.83. The summed E-state index contributed by atoms with van der Waals surface area (Å²) in [5.41, 5.74) is 5.76. The Morgan fingerprint density at radius 1 is 1.00 bits per heavy atom. The molecule has 128 valence electrons. The van der Waals surface area contributed by atoms with Crippen molar-refractivity contribution in [2.24, 2.45) is 5.73 Å². The van der Waals surface area contributed by atoms with Crippen LogP contribution in [0.2, 0.25) is 0 Å². The Balaban J connectivity index is 2.34. The summed E-state index contributed by atoms with van der Waals surface area (Å²) >= 11 is 0. The molecule has 2 N–H and O–H groups in total. The highest BCUT2D eigenvalue weighted by Crippen LogP contribution is 2.15. The first-order valence-electron chi connectivity index (χ1n) is 8.67. The monoisotopic (exact) mass is 319 g/mol. The third-order valence-corrected chi connectivity index (χ3v) is 3.84. The van der Waals surface area contributed by atoms with Gasteiger partial charge in [0.2, 0.25) is 5.91 Å². The molecular formula is C19H29NO3. The van der Waals surface area contributed by atoms with E-state index in [2.05, 4.69) is 6.92 Å². The summed E-state index contributed by atoms with van der Waals surface area (Å²) in [6.45, 7) is 2.20. The number of primary amides is 1. The van der Waals surface area contributed by atoms with Gasteiger partial charge in [0, 0.05) is 0 Å². The van der Waals surface area contributed by atoms with Gasteiger partial charge in [-0.3, -0.25) is 4.79 Å². The number of unbranched alkanes of at least 4 members (excludes halogenated alkanes) is 6. The number of benzene rings is 1. The Morgan fingerprint density at radius 3 is 2.22 bits per heavy atom. The van der Waals surface area contributed by atoms with Crippen molar-refractivity contribution in [2.75, 3.05) is 0 Å². The standard InChI is InChI=1S/C19H29NO3/c1-2-3-4-5-6-7-11-14-17(15-18(20)21)23-19(22)16-12-9-8-10-13-16/h8-10,12-13,17H,2-7,11,14-15H2,1H3,(H2,20,21). The maximum Gasteiger partial charge on any atom is 0.338 e. The van der Waals surface area contributed by atoms with Gasteiger partial charge in [0.15, 0.2) is 0 Å². The number of hydrogen-bond acceptors (Lipinski definition) is 3. The summed E-state index contributed by atoms with van der Waals surface area (Å²) in [7, 11) is 0. The van der Waals surface area contributed by atoms with E-state index in [0.29, 0.717) is 12.0 Å². The Bertz CT molecular complexity index is 459. The Hall–Kier alpha value is -1.84. The van der Waals surface area contributed by atoms with E-state index in [1.807, 2.05) is 6.07 Å². The van der Waals surface area contributed by atoms with E-state index in [1.165, 1.54) is 32.1 Å². The van der Waals surface area contributed by atoms with Gasteiger partial charge >= 0.3 is 5.97 Å². The number of carbonyl (C=O) groups is 2. The number of amides is 1. The number of carbonyl (C=O) groups excluding carboxylic acids is 2. The van der Waals surface area contributed by atoms with Gasteiger partial charge in [-0.1, -0.05) is 63.6 Å². The number of esters is 1. The lowest BCUT2D eigenvalue weighted by molar-refractivity contribution is -0.120. The van der Waals surface area contributed by atoms with Crippen LogP contribution in [0, 0.1) is 0 Å². The summed E-state index contributed by atoms with van der Waals surface area (Å²) in [6.07, 6.45) is 8.67. The minimum Gasteiger partial charge on any atom is -0.458 e. The van der Waals surface area contributed by atoms with Crippen LogP contribution in [0.1, 0.15) is 75.1 Å². The lowest BCUT2D eigenvalue weighted by Gasteiger charge is -2.16. The Labute approximate surface area is 139 Å². The largest absolute Gasteiger partial charge is 0.458 e. The second kappa shape index (κ2) is 11.7. The first-order valence-corrected chi connectivity index (χ1v) is 8.67. The van der Waals surface area contributed by atoms with Gasteiger partial charge in [-0.15, -0.1) is 0 Å². The SMILES string of the molecule is CCCCCCCCCC(CC(N)=O)OC(=O)c1ccccc1. The fourth-order valence-electron chi connectivity index (χ4n) is 2.55. The fourth-order valence-corrected chi connectivity index (χ4v) is 2.55. The number of ether oxygens (including phenoxy) is 1. The summed E-state index contributed by atoms with van der Waals surface area (Å²) < 4.78 is 5.45. The average molecular weight is 319 g/mol. The lowest BCUT2D eigenvalue weighted by atomic mass is 10.0. The van der Waals surface area contributed by atoms with Gasteiger partial charge in [0.25, 0.3) is 0 Å². The molecule has 0 aliphatic heterocycles. The van der Waals surface area contributed by atoms with Crippen molar-refractivity contribution in [2.45, 2.75) is 70.8 Å². The molecule has 1 aromatic carbocycles. The van der Waals surface area contributed by atoms with E-state index in [9.17, 15) is 9.59 Å². The van der Waals surface area contributed by atoms with Gasteiger partial charge in [0.1, 0.15) is 6.10 Å². The molecule has 0 saturated carbocycles. The molecule has 4 heteroatoms. The summed E-state index contributed by atoms with van der Waals surface area (Å²) in [4.78, 5) is 23.2. The summed E-state index contributed by atoms with van der Waals surface area (Å²) in [5, 5.41) is 0. The van der Waals surface area contributed by atoms with Crippen LogP contribution in [0.4, 0.5) is 0 Å². The van der Waals surface area contributed by atoms with Crippen LogP contribution >= 0.6 is 0 Å². The van der Waals surface area contributed by atoms with Crippen LogP contribution < -0.4 is 5.73 Å². The molecule has 0 aliphatic carbocycles. The Kier molecular flexibility index (Phi) is 9.76. The number of nitrogens with two attached hydrogens (primary N) is 1. The van der Waals surface area contributed by atoms with Crippen LogP contribution in [0.15, 0.2) is 30.3 Å². The van der Waals surface area contributed by atoms with Crippen LogP contribution in [0.3, 0.4) is 0 Å².